The van der Waals surface area contributed by atoms with Gasteiger partial charge in [-0.2, -0.15) is 4.89 Å². The van der Waals surface area contributed by atoms with Crippen LogP contribution in [0.25, 0.3) is 11.1 Å². The van der Waals surface area contributed by atoms with Crippen LogP contribution in [0.4, 0.5) is 0 Å². The monoisotopic (exact) mass is 379 g/mol. The zero-order valence-electron chi connectivity index (χ0n) is 16.7. The lowest BCUT2D eigenvalue weighted by atomic mass is 9.99. The topological polar surface area (TPSA) is 35.5 Å². The van der Waals surface area contributed by atoms with Crippen molar-refractivity contribution in [2.45, 2.75) is 70.6 Å². The summed E-state index contributed by atoms with van der Waals surface area (Å²) in [4.78, 5) is 23.5. The molecule has 2 aromatic rings. The van der Waals surface area contributed by atoms with Crippen LogP contribution in [0.2, 0.25) is 0 Å². The number of carbonyl (C=O) groups excluding carboxylic acids is 1. The molecule has 149 valence electrons. The fourth-order valence-electron chi connectivity index (χ4n) is 3.76. The fourth-order valence-corrected chi connectivity index (χ4v) is 3.76. The van der Waals surface area contributed by atoms with Gasteiger partial charge in [0.25, 0.3) is 0 Å². The van der Waals surface area contributed by atoms with Gasteiger partial charge in [-0.05, 0) is 30.0 Å². The van der Waals surface area contributed by atoms with Crippen molar-refractivity contribution in [3.8, 4) is 11.1 Å². The van der Waals surface area contributed by atoms with E-state index >= 15 is 0 Å². The molecule has 3 rings (SSSR count). The van der Waals surface area contributed by atoms with E-state index in [0.717, 1.165) is 42.9 Å². The molecule has 0 aromatic heterocycles. The quantitative estimate of drug-likeness (QED) is 0.413. The molecule has 3 nitrogen and oxygen atoms in total. The number of hydrogen-bond acceptors (Lipinski definition) is 3. The Hall–Kier alpha value is -2.13. The lowest BCUT2D eigenvalue weighted by Gasteiger charge is -2.16. The Labute approximate surface area is 169 Å². The first kappa shape index (κ1) is 20.6. The molecular weight excluding hydrogens is 348 g/mol. The molecule has 3 heteroatoms. The molecule has 0 heterocycles. The van der Waals surface area contributed by atoms with Gasteiger partial charge in [-0.25, -0.2) is 4.79 Å². The van der Waals surface area contributed by atoms with Crippen LogP contribution < -0.4 is 0 Å². The van der Waals surface area contributed by atoms with Crippen LogP contribution in [0.1, 0.15) is 81.0 Å². The predicted octanol–water partition coefficient (Wildman–Crippen LogP) is 7.28. The molecule has 0 spiro atoms. The van der Waals surface area contributed by atoms with Gasteiger partial charge in [0.1, 0.15) is 6.10 Å². The molecule has 1 aliphatic carbocycles. The summed E-state index contributed by atoms with van der Waals surface area (Å²) in [5.74, 6) is -0.432. The minimum atomic E-state index is -0.432. The van der Waals surface area contributed by atoms with Gasteiger partial charge < -0.3 is 0 Å². The molecule has 0 N–H and O–H groups in total. The summed E-state index contributed by atoms with van der Waals surface area (Å²) in [6, 6.07) is 17.4. The van der Waals surface area contributed by atoms with Crippen molar-refractivity contribution >= 4 is 5.97 Å². The highest BCUT2D eigenvalue weighted by Crippen LogP contribution is 2.27. The van der Waals surface area contributed by atoms with Crippen LogP contribution in [0.5, 0.6) is 0 Å². The van der Waals surface area contributed by atoms with Gasteiger partial charge in [0.2, 0.25) is 0 Å². The van der Waals surface area contributed by atoms with E-state index in [9.17, 15) is 4.79 Å². The molecule has 1 aliphatic rings. The van der Waals surface area contributed by atoms with E-state index in [1.54, 1.807) is 6.07 Å². The second kappa shape index (κ2) is 11.7. The zero-order chi connectivity index (χ0) is 19.4. The summed E-state index contributed by atoms with van der Waals surface area (Å²) in [6.45, 7) is 0. The third-order valence-electron chi connectivity index (χ3n) is 5.38. The van der Waals surface area contributed by atoms with Gasteiger partial charge >= 0.3 is 5.97 Å². The van der Waals surface area contributed by atoms with Gasteiger partial charge in [-0.1, -0.05) is 106 Å². The van der Waals surface area contributed by atoms with Gasteiger partial charge in [0.15, 0.2) is 0 Å². The molecule has 28 heavy (non-hydrogen) atoms. The number of rotatable bonds is 4. The highest BCUT2D eigenvalue weighted by Gasteiger charge is 2.19. The largest absolute Gasteiger partial charge is 0.373 e. The lowest BCUT2D eigenvalue weighted by molar-refractivity contribution is -0.237. The zero-order valence-corrected chi connectivity index (χ0v) is 16.7. The highest BCUT2D eigenvalue weighted by atomic mass is 17.2. The molecule has 0 saturated heterocycles. The number of hydrogen-bond donors (Lipinski definition) is 0. The number of carbonyl (C=O) groups is 1. The molecule has 0 unspecified atom stereocenters. The van der Waals surface area contributed by atoms with Crippen LogP contribution in [0.3, 0.4) is 0 Å². The smallest absolute Gasteiger partial charge is 0.292 e. The molecule has 0 bridgehead atoms. The maximum Gasteiger partial charge on any atom is 0.373 e. The molecule has 0 aliphatic heterocycles. The van der Waals surface area contributed by atoms with Crippen LogP contribution in [-0.4, -0.2) is 5.97 Å². The Morgan fingerprint density at radius 1 is 0.643 bits per heavy atom. The molecule has 1 radical (unpaired) electrons. The Kier molecular flexibility index (Phi) is 8.57. The van der Waals surface area contributed by atoms with Crippen molar-refractivity contribution in [2.75, 3.05) is 0 Å². The minimum absolute atomic E-state index is 0.432. The molecule has 0 amide bonds. The summed E-state index contributed by atoms with van der Waals surface area (Å²) in [5.41, 5.74) is 2.39. The number of benzene rings is 2. The first-order valence-corrected chi connectivity index (χ1v) is 10.7. The van der Waals surface area contributed by atoms with E-state index in [0.29, 0.717) is 5.56 Å². The van der Waals surface area contributed by atoms with Crippen molar-refractivity contribution < 1.29 is 14.6 Å². The van der Waals surface area contributed by atoms with Crippen molar-refractivity contribution in [2.24, 2.45) is 0 Å². The van der Waals surface area contributed by atoms with Crippen molar-refractivity contribution in [1.82, 2.24) is 0 Å². The van der Waals surface area contributed by atoms with E-state index < -0.39 is 5.97 Å². The molecular formula is C25H31O3. The maximum absolute atomic E-state index is 12.7. The first-order chi connectivity index (χ1) is 13.8. The summed E-state index contributed by atoms with van der Waals surface area (Å²) < 4.78 is 0. The first-order valence-electron chi connectivity index (χ1n) is 10.7. The average Bonchev–Trinajstić information content (AvgIpc) is 2.74. The van der Waals surface area contributed by atoms with Crippen LogP contribution in [-0.2, 0) is 9.78 Å². The van der Waals surface area contributed by atoms with Crippen molar-refractivity contribution in [1.29, 1.82) is 0 Å². The Morgan fingerprint density at radius 2 is 1.18 bits per heavy atom. The SMILES string of the molecule is O=C(OO[C]1CCCCCCCCCCC1)c1ccccc1-c1ccccc1. The standard InChI is InChI=1S/C25H31O3/c26-25(24-20-14-13-19-23(24)21-15-9-8-10-16-21)28-27-22-17-11-6-4-2-1-3-5-7-12-18-22/h8-10,13-16,19-20H,1-7,11-12,17-18H2. The average molecular weight is 380 g/mol. The van der Waals surface area contributed by atoms with E-state index in [4.69, 9.17) is 9.78 Å². The summed E-state index contributed by atoms with van der Waals surface area (Å²) >= 11 is 0. The Bertz CT molecular complexity index is 699. The molecule has 1 saturated carbocycles. The highest BCUT2D eigenvalue weighted by molar-refractivity contribution is 5.96. The maximum atomic E-state index is 12.7. The van der Waals surface area contributed by atoms with Gasteiger partial charge in [0.05, 0.1) is 5.56 Å². The van der Waals surface area contributed by atoms with E-state index in [2.05, 4.69) is 0 Å². The van der Waals surface area contributed by atoms with Crippen LogP contribution in [0, 0.1) is 6.10 Å². The molecule has 0 atom stereocenters. The summed E-state index contributed by atoms with van der Waals surface area (Å²) in [6.07, 6.45) is 13.9. The van der Waals surface area contributed by atoms with Crippen LogP contribution >= 0.6 is 0 Å². The van der Waals surface area contributed by atoms with Crippen molar-refractivity contribution in [3.05, 3.63) is 66.3 Å². The van der Waals surface area contributed by atoms with Gasteiger partial charge in [0, 0.05) is 0 Å². The summed E-state index contributed by atoms with van der Waals surface area (Å²) in [5, 5.41) is 0. The second-order valence-electron chi connectivity index (χ2n) is 7.59. The predicted molar refractivity (Wildman–Crippen MR) is 112 cm³/mol. The van der Waals surface area contributed by atoms with Gasteiger partial charge in [-0.15, -0.1) is 0 Å². The van der Waals surface area contributed by atoms with E-state index in [-0.39, 0.29) is 0 Å². The van der Waals surface area contributed by atoms with Crippen LogP contribution in [0.15, 0.2) is 54.6 Å². The fraction of sp³-hybridized carbons (Fsp3) is 0.440. The third-order valence-corrected chi connectivity index (χ3v) is 5.38. The van der Waals surface area contributed by atoms with Gasteiger partial charge in [-0.3, -0.25) is 4.89 Å². The molecule has 1 fully saturated rings. The summed E-state index contributed by atoms with van der Waals surface area (Å²) in [7, 11) is 0. The normalized spacial score (nSPS) is 17.3. The van der Waals surface area contributed by atoms with E-state index in [1.165, 1.54) is 44.9 Å². The van der Waals surface area contributed by atoms with E-state index in [1.807, 2.05) is 48.5 Å². The van der Waals surface area contributed by atoms with Crippen molar-refractivity contribution in [3.63, 3.8) is 0 Å². The third kappa shape index (κ3) is 6.49. The minimum Gasteiger partial charge on any atom is -0.292 e. The Morgan fingerprint density at radius 3 is 1.82 bits per heavy atom. The second-order valence-corrected chi connectivity index (χ2v) is 7.59. The lowest BCUT2D eigenvalue weighted by Crippen LogP contribution is -2.12. The Balaban J connectivity index is 1.59. The molecule has 2 aromatic carbocycles.